The highest BCUT2D eigenvalue weighted by Crippen LogP contribution is 2.39. The zero-order valence-corrected chi connectivity index (χ0v) is 11.5. The van der Waals surface area contributed by atoms with E-state index in [2.05, 4.69) is 15.9 Å². The van der Waals surface area contributed by atoms with Crippen LogP contribution in [0.4, 0.5) is 4.39 Å². The van der Waals surface area contributed by atoms with Gasteiger partial charge in [0.05, 0.1) is 5.75 Å². The summed E-state index contributed by atoms with van der Waals surface area (Å²) in [5, 5.41) is 0. The van der Waals surface area contributed by atoms with Crippen LogP contribution >= 0.6 is 26.6 Å². The molecule has 94 valence electrons. The van der Waals surface area contributed by atoms with Crippen LogP contribution in [0.15, 0.2) is 10.5 Å². The van der Waals surface area contributed by atoms with Crippen molar-refractivity contribution in [3.05, 3.63) is 21.9 Å². The lowest BCUT2D eigenvalue weighted by Gasteiger charge is -2.20. The van der Waals surface area contributed by atoms with Gasteiger partial charge in [-0.2, -0.15) is 0 Å². The Balaban J connectivity index is 2.53. The molecule has 0 amide bonds. The van der Waals surface area contributed by atoms with E-state index >= 15 is 0 Å². The quantitative estimate of drug-likeness (QED) is 0.773. The second-order valence-electron chi connectivity index (χ2n) is 3.36. The summed E-state index contributed by atoms with van der Waals surface area (Å²) in [7, 11) is 1.26. The first kappa shape index (κ1) is 12.9. The minimum atomic E-state index is -3.84. The Labute approximate surface area is 110 Å². The molecule has 0 spiro atoms. The molecule has 17 heavy (non-hydrogen) atoms. The van der Waals surface area contributed by atoms with Gasteiger partial charge in [-0.15, -0.1) is 0 Å². The van der Waals surface area contributed by atoms with Gasteiger partial charge in [0.1, 0.15) is 13.2 Å². The molecule has 4 nitrogen and oxygen atoms in total. The summed E-state index contributed by atoms with van der Waals surface area (Å²) in [5.41, 5.74) is -0.0655. The summed E-state index contributed by atoms with van der Waals surface area (Å²) in [5.74, 6) is -1.21. The van der Waals surface area contributed by atoms with Crippen LogP contribution in [-0.2, 0) is 14.8 Å². The highest BCUT2D eigenvalue weighted by Gasteiger charge is 2.24. The normalized spacial score (nSPS) is 14.8. The third-order valence-electron chi connectivity index (χ3n) is 2.14. The smallest absolute Gasteiger partial charge is 0.236 e. The third-order valence-corrected chi connectivity index (χ3v) is 3.81. The van der Waals surface area contributed by atoms with E-state index < -0.39 is 20.6 Å². The zero-order chi connectivity index (χ0) is 12.6. The fourth-order valence-electron chi connectivity index (χ4n) is 1.46. The van der Waals surface area contributed by atoms with Gasteiger partial charge >= 0.3 is 0 Å². The summed E-state index contributed by atoms with van der Waals surface area (Å²) in [6, 6.07) is 1.47. The van der Waals surface area contributed by atoms with Crippen LogP contribution in [-0.4, -0.2) is 21.6 Å². The monoisotopic (exact) mass is 344 g/mol. The van der Waals surface area contributed by atoms with Gasteiger partial charge in [0.2, 0.25) is 9.05 Å². The van der Waals surface area contributed by atoms with Crippen LogP contribution in [0.1, 0.15) is 5.56 Å². The Morgan fingerprint density at radius 1 is 1.41 bits per heavy atom. The molecule has 0 saturated carbocycles. The lowest BCUT2D eigenvalue weighted by Crippen LogP contribution is -2.17. The maximum Gasteiger partial charge on any atom is 0.236 e. The number of ether oxygens (including phenoxy) is 2. The summed E-state index contributed by atoms with van der Waals surface area (Å²) in [6.45, 7) is 0.546. The van der Waals surface area contributed by atoms with E-state index in [1.807, 2.05) is 0 Å². The predicted octanol–water partition coefficient (Wildman–Crippen LogP) is 2.43. The van der Waals surface area contributed by atoms with Gasteiger partial charge in [-0.3, -0.25) is 0 Å². The summed E-state index contributed by atoms with van der Waals surface area (Å²) < 4.78 is 46.5. The Morgan fingerprint density at radius 2 is 2.06 bits per heavy atom. The van der Waals surface area contributed by atoms with Crippen molar-refractivity contribution in [2.45, 2.75) is 5.75 Å². The minimum Gasteiger partial charge on any atom is -0.486 e. The van der Waals surface area contributed by atoms with E-state index in [1.165, 1.54) is 6.07 Å². The number of halogens is 3. The van der Waals surface area contributed by atoms with Gasteiger partial charge in [-0.25, -0.2) is 12.8 Å². The molecular weight excluding hydrogens is 339 g/mol. The fraction of sp³-hybridized carbons (Fsp3) is 0.333. The second kappa shape index (κ2) is 4.62. The van der Waals surface area contributed by atoms with Gasteiger partial charge in [0.15, 0.2) is 17.3 Å². The van der Waals surface area contributed by atoms with Crippen molar-refractivity contribution in [1.29, 1.82) is 0 Å². The van der Waals surface area contributed by atoms with Gasteiger partial charge in [-0.1, -0.05) is 15.9 Å². The van der Waals surface area contributed by atoms with Crippen molar-refractivity contribution in [1.82, 2.24) is 0 Å². The first-order valence-electron chi connectivity index (χ1n) is 4.57. The molecule has 1 aromatic rings. The highest BCUT2D eigenvalue weighted by atomic mass is 79.9. The first-order chi connectivity index (χ1) is 7.88. The average Bonchev–Trinajstić information content (AvgIpc) is 2.23. The lowest BCUT2D eigenvalue weighted by atomic mass is 10.2. The van der Waals surface area contributed by atoms with Crippen LogP contribution in [0.2, 0.25) is 0 Å². The molecule has 0 N–H and O–H groups in total. The predicted molar refractivity (Wildman–Crippen MR) is 63.6 cm³/mol. The van der Waals surface area contributed by atoms with Crippen molar-refractivity contribution < 1.29 is 22.3 Å². The average molecular weight is 346 g/mol. The van der Waals surface area contributed by atoms with Crippen LogP contribution in [0.25, 0.3) is 0 Å². The number of benzene rings is 1. The van der Waals surface area contributed by atoms with E-state index in [0.717, 1.165) is 0 Å². The van der Waals surface area contributed by atoms with Gasteiger partial charge in [0, 0.05) is 20.7 Å². The van der Waals surface area contributed by atoms with E-state index in [1.54, 1.807) is 0 Å². The minimum absolute atomic E-state index is 0.0655. The molecular formula is C9H7BrClFO4S. The number of hydrogen-bond donors (Lipinski definition) is 0. The maximum absolute atomic E-state index is 14.0. The van der Waals surface area contributed by atoms with Crippen LogP contribution in [0, 0.1) is 5.82 Å². The Hall–Kier alpha value is -0.530. The SMILES string of the molecule is O=S(=O)(Cl)Cc1c(Br)cc2c(c1F)OCCO2. The molecule has 0 aromatic heterocycles. The van der Waals surface area contributed by atoms with Crippen molar-refractivity contribution in [3.63, 3.8) is 0 Å². The molecule has 1 heterocycles. The van der Waals surface area contributed by atoms with E-state index in [0.29, 0.717) is 6.61 Å². The second-order valence-corrected chi connectivity index (χ2v) is 6.99. The van der Waals surface area contributed by atoms with Crippen LogP contribution < -0.4 is 9.47 Å². The molecule has 0 fully saturated rings. The molecule has 1 aliphatic rings. The van der Waals surface area contributed by atoms with Crippen molar-refractivity contribution >= 4 is 35.7 Å². The molecule has 0 saturated heterocycles. The molecule has 0 bridgehead atoms. The number of hydrogen-bond acceptors (Lipinski definition) is 4. The molecule has 0 aliphatic carbocycles. The van der Waals surface area contributed by atoms with Gasteiger partial charge in [-0.05, 0) is 6.07 Å². The molecule has 8 heteroatoms. The molecule has 0 unspecified atom stereocenters. The first-order valence-corrected chi connectivity index (χ1v) is 7.84. The molecule has 2 rings (SSSR count). The molecule has 0 radical (unpaired) electrons. The summed E-state index contributed by atoms with van der Waals surface area (Å²) in [4.78, 5) is 0. The summed E-state index contributed by atoms with van der Waals surface area (Å²) >= 11 is 3.08. The molecule has 0 atom stereocenters. The standard InChI is InChI=1S/C9H7BrClFO4S/c10-6-3-7-9(16-2-1-15-7)8(12)5(6)4-17(11,13)14/h3H,1-2,4H2. The Morgan fingerprint density at radius 3 is 2.71 bits per heavy atom. The largest absolute Gasteiger partial charge is 0.486 e. The Bertz CT molecular complexity index is 561. The summed E-state index contributed by atoms with van der Waals surface area (Å²) in [6.07, 6.45) is 0. The third kappa shape index (κ3) is 2.83. The molecule has 1 aliphatic heterocycles. The van der Waals surface area contributed by atoms with Crippen molar-refractivity contribution in [3.8, 4) is 11.5 Å². The van der Waals surface area contributed by atoms with Gasteiger partial charge < -0.3 is 9.47 Å². The Kier molecular flexibility index (Phi) is 3.51. The maximum atomic E-state index is 14.0. The van der Waals surface area contributed by atoms with Gasteiger partial charge in [0.25, 0.3) is 0 Å². The van der Waals surface area contributed by atoms with Crippen LogP contribution in [0.3, 0.4) is 0 Å². The van der Waals surface area contributed by atoms with Crippen molar-refractivity contribution in [2.75, 3.05) is 13.2 Å². The fourth-order valence-corrected chi connectivity index (χ4v) is 3.12. The van der Waals surface area contributed by atoms with E-state index in [-0.39, 0.29) is 28.1 Å². The lowest BCUT2D eigenvalue weighted by molar-refractivity contribution is 0.164. The van der Waals surface area contributed by atoms with E-state index in [9.17, 15) is 12.8 Å². The highest BCUT2D eigenvalue weighted by molar-refractivity contribution is 9.10. The van der Waals surface area contributed by atoms with E-state index in [4.69, 9.17) is 20.2 Å². The topological polar surface area (TPSA) is 52.6 Å². The molecule has 1 aromatic carbocycles. The van der Waals surface area contributed by atoms with Crippen LogP contribution in [0.5, 0.6) is 11.5 Å². The number of rotatable bonds is 2. The van der Waals surface area contributed by atoms with Crippen molar-refractivity contribution in [2.24, 2.45) is 0 Å². The zero-order valence-electron chi connectivity index (χ0n) is 8.37. The number of fused-ring (bicyclic) bond motifs is 1.